The summed E-state index contributed by atoms with van der Waals surface area (Å²) in [6, 6.07) is 12.3. The van der Waals surface area contributed by atoms with Gasteiger partial charge in [0, 0.05) is 18.7 Å². The standard InChI is InChI=1S/C14H16N2O2/c1-2-4-13(5-3-1)17-10-14-8-12(16-18-14)9-15-11-6-7-11/h1-5,8,11,15H,6-7,9-10H2. The van der Waals surface area contributed by atoms with Crippen LogP contribution in [0.4, 0.5) is 0 Å². The summed E-state index contributed by atoms with van der Waals surface area (Å²) in [5.74, 6) is 1.60. The lowest BCUT2D eigenvalue weighted by Gasteiger charge is -2.01. The normalized spacial score (nSPS) is 14.7. The van der Waals surface area contributed by atoms with Crippen molar-refractivity contribution in [3.63, 3.8) is 0 Å². The van der Waals surface area contributed by atoms with Gasteiger partial charge in [0.05, 0.1) is 5.69 Å². The summed E-state index contributed by atoms with van der Waals surface area (Å²) >= 11 is 0. The first kappa shape index (κ1) is 11.3. The molecule has 1 heterocycles. The van der Waals surface area contributed by atoms with Crippen LogP contribution in [0.5, 0.6) is 5.75 Å². The summed E-state index contributed by atoms with van der Waals surface area (Å²) in [7, 11) is 0. The molecule has 1 aliphatic carbocycles. The minimum atomic E-state index is 0.417. The molecule has 0 amide bonds. The highest BCUT2D eigenvalue weighted by Gasteiger charge is 2.20. The van der Waals surface area contributed by atoms with Crippen molar-refractivity contribution in [1.82, 2.24) is 10.5 Å². The predicted octanol–water partition coefficient (Wildman–Crippen LogP) is 2.51. The maximum atomic E-state index is 5.59. The summed E-state index contributed by atoms with van der Waals surface area (Å²) in [6.07, 6.45) is 2.56. The average Bonchev–Trinajstić information content (AvgIpc) is 3.14. The molecule has 2 aromatic rings. The van der Waals surface area contributed by atoms with E-state index < -0.39 is 0 Å². The van der Waals surface area contributed by atoms with Crippen molar-refractivity contribution < 1.29 is 9.26 Å². The largest absolute Gasteiger partial charge is 0.486 e. The summed E-state index contributed by atoms with van der Waals surface area (Å²) in [6.45, 7) is 1.19. The van der Waals surface area contributed by atoms with Crippen LogP contribution in [0.1, 0.15) is 24.3 Å². The molecule has 0 aliphatic heterocycles. The molecule has 3 rings (SSSR count). The van der Waals surface area contributed by atoms with E-state index in [2.05, 4.69) is 10.5 Å². The summed E-state index contributed by atoms with van der Waals surface area (Å²) in [5, 5.41) is 7.41. The molecule has 1 fully saturated rings. The average molecular weight is 244 g/mol. The SMILES string of the molecule is c1ccc(OCc2cc(CNC3CC3)no2)cc1. The molecule has 0 saturated heterocycles. The van der Waals surface area contributed by atoms with E-state index in [0.717, 1.165) is 23.7 Å². The maximum absolute atomic E-state index is 5.59. The molecule has 1 aliphatic rings. The Hall–Kier alpha value is -1.81. The highest BCUT2D eigenvalue weighted by molar-refractivity contribution is 5.21. The fourth-order valence-corrected chi connectivity index (χ4v) is 1.71. The Labute approximate surface area is 106 Å². The molecular weight excluding hydrogens is 228 g/mol. The highest BCUT2D eigenvalue weighted by Crippen LogP contribution is 2.19. The Kier molecular flexibility index (Phi) is 3.28. The maximum Gasteiger partial charge on any atom is 0.174 e. The molecule has 94 valence electrons. The zero-order valence-corrected chi connectivity index (χ0v) is 10.1. The summed E-state index contributed by atoms with van der Waals surface area (Å²) in [4.78, 5) is 0. The van der Waals surface area contributed by atoms with Gasteiger partial charge in [0.2, 0.25) is 0 Å². The highest BCUT2D eigenvalue weighted by atomic mass is 16.5. The van der Waals surface area contributed by atoms with Crippen LogP contribution in [0.3, 0.4) is 0 Å². The van der Waals surface area contributed by atoms with Gasteiger partial charge in [0.1, 0.15) is 12.4 Å². The van der Waals surface area contributed by atoms with Crippen LogP contribution >= 0.6 is 0 Å². The first-order valence-electron chi connectivity index (χ1n) is 6.26. The van der Waals surface area contributed by atoms with Crippen molar-refractivity contribution in [2.45, 2.75) is 32.0 Å². The van der Waals surface area contributed by atoms with Crippen molar-refractivity contribution in [1.29, 1.82) is 0 Å². The number of ether oxygens (including phenoxy) is 1. The third-order valence-corrected chi connectivity index (χ3v) is 2.88. The zero-order valence-electron chi connectivity index (χ0n) is 10.1. The van der Waals surface area contributed by atoms with Gasteiger partial charge in [-0.3, -0.25) is 0 Å². The van der Waals surface area contributed by atoms with E-state index in [1.54, 1.807) is 0 Å². The van der Waals surface area contributed by atoms with Crippen LogP contribution in [0.2, 0.25) is 0 Å². The van der Waals surface area contributed by atoms with E-state index in [1.165, 1.54) is 12.8 Å². The Morgan fingerprint density at radius 1 is 1.28 bits per heavy atom. The van der Waals surface area contributed by atoms with Crippen LogP contribution in [0.25, 0.3) is 0 Å². The summed E-state index contributed by atoms with van der Waals surface area (Å²) in [5.41, 5.74) is 0.938. The van der Waals surface area contributed by atoms with Crippen LogP contribution < -0.4 is 10.1 Å². The molecule has 0 radical (unpaired) electrons. The molecule has 1 aromatic carbocycles. The number of nitrogens with one attached hydrogen (secondary N) is 1. The molecule has 1 aromatic heterocycles. The molecule has 1 N–H and O–H groups in total. The molecule has 1 saturated carbocycles. The second kappa shape index (κ2) is 5.23. The topological polar surface area (TPSA) is 47.3 Å². The van der Waals surface area contributed by atoms with E-state index in [0.29, 0.717) is 12.6 Å². The second-order valence-corrected chi connectivity index (χ2v) is 4.54. The third kappa shape index (κ3) is 3.11. The molecule has 4 heteroatoms. The van der Waals surface area contributed by atoms with Gasteiger partial charge in [0.15, 0.2) is 5.76 Å². The quantitative estimate of drug-likeness (QED) is 0.848. The van der Waals surface area contributed by atoms with Crippen molar-refractivity contribution in [3.05, 3.63) is 47.9 Å². The molecule has 0 bridgehead atoms. The van der Waals surface area contributed by atoms with E-state index in [1.807, 2.05) is 36.4 Å². The van der Waals surface area contributed by atoms with Crippen molar-refractivity contribution >= 4 is 0 Å². The van der Waals surface area contributed by atoms with Gasteiger partial charge < -0.3 is 14.6 Å². The number of hydrogen-bond donors (Lipinski definition) is 1. The monoisotopic (exact) mass is 244 g/mol. The van der Waals surface area contributed by atoms with E-state index >= 15 is 0 Å². The van der Waals surface area contributed by atoms with Gasteiger partial charge in [-0.25, -0.2) is 0 Å². The van der Waals surface area contributed by atoms with Gasteiger partial charge in [0.25, 0.3) is 0 Å². The number of para-hydroxylation sites is 1. The lowest BCUT2D eigenvalue weighted by Crippen LogP contribution is -2.15. The molecular formula is C14H16N2O2. The Bertz CT molecular complexity index is 492. The third-order valence-electron chi connectivity index (χ3n) is 2.88. The molecule has 0 unspecified atom stereocenters. The molecule has 0 atom stereocenters. The van der Waals surface area contributed by atoms with E-state index in [-0.39, 0.29) is 0 Å². The number of rotatable bonds is 6. The zero-order chi connectivity index (χ0) is 12.2. The number of hydrogen-bond acceptors (Lipinski definition) is 4. The minimum Gasteiger partial charge on any atom is -0.486 e. The van der Waals surface area contributed by atoms with Gasteiger partial charge in [-0.15, -0.1) is 0 Å². The van der Waals surface area contributed by atoms with Crippen molar-refractivity contribution in [2.24, 2.45) is 0 Å². The van der Waals surface area contributed by atoms with Gasteiger partial charge in [-0.1, -0.05) is 23.4 Å². The first-order valence-corrected chi connectivity index (χ1v) is 6.26. The molecule has 18 heavy (non-hydrogen) atoms. The van der Waals surface area contributed by atoms with E-state index in [9.17, 15) is 0 Å². The number of nitrogens with zero attached hydrogens (tertiary/aromatic N) is 1. The van der Waals surface area contributed by atoms with Gasteiger partial charge in [-0.05, 0) is 25.0 Å². The smallest absolute Gasteiger partial charge is 0.174 e. The molecule has 4 nitrogen and oxygen atoms in total. The lowest BCUT2D eigenvalue weighted by molar-refractivity contribution is 0.248. The Morgan fingerprint density at radius 3 is 2.89 bits per heavy atom. The predicted molar refractivity (Wildman–Crippen MR) is 67.1 cm³/mol. The molecule has 0 spiro atoms. The Balaban J connectivity index is 1.50. The van der Waals surface area contributed by atoms with Crippen molar-refractivity contribution in [3.8, 4) is 5.75 Å². The number of benzene rings is 1. The van der Waals surface area contributed by atoms with E-state index in [4.69, 9.17) is 9.26 Å². The second-order valence-electron chi connectivity index (χ2n) is 4.54. The number of aromatic nitrogens is 1. The van der Waals surface area contributed by atoms with Crippen LogP contribution in [0, 0.1) is 0 Å². The minimum absolute atomic E-state index is 0.417. The Morgan fingerprint density at radius 2 is 2.11 bits per heavy atom. The lowest BCUT2D eigenvalue weighted by atomic mass is 10.3. The first-order chi connectivity index (χ1) is 8.90. The van der Waals surface area contributed by atoms with Crippen LogP contribution in [-0.4, -0.2) is 11.2 Å². The van der Waals surface area contributed by atoms with Gasteiger partial charge in [-0.2, -0.15) is 0 Å². The van der Waals surface area contributed by atoms with Crippen LogP contribution in [-0.2, 0) is 13.2 Å². The fourth-order valence-electron chi connectivity index (χ4n) is 1.71. The fraction of sp³-hybridized carbons (Fsp3) is 0.357. The van der Waals surface area contributed by atoms with Crippen molar-refractivity contribution in [2.75, 3.05) is 0 Å². The summed E-state index contributed by atoms with van der Waals surface area (Å²) < 4.78 is 10.8. The van der Waals surface area contributed by atoms with Gasteiger partial charge >= 0.3 is 0 Å². The van der Waals surface area contributed by atoms with Crippen LogP contribution in [0.15, 0.2) is 40.9 Å².